The normalized spacial score (nSPS) is 14.8. The van der Waals surface area contributed by atoms with E-state index in [1.54, 1.807) is 0 Å². The topological polar surface area (TPSA) is 51.4 Å². The number of hydrogen-bond donors (Lipinski definition) is 0. The lowest BCUT2D eigenvalue weighted by Crippen LogP contribution is -2.44. The number of hydrogen-bond acceptors (Lipinski definition) is 5. The Bertz CT molecular complexity index is 1190. The highest BCUT2D eigenvalue weighted by atomic mass is 16.5. The van der Waals surface area contributed by atoms with E-state index in [9.17, 15) is 0 Å². The van der Waals surface area contributed by atoms with Crippen LogP contribution in [0.25, 0.3) is 33.6 Å². The van der Waals surface area contributed by atoms with E-state index in [2.05, 4.69) is 53.4 Å². The van der Waals surface area contributed by atoms with Crippen LogP contribution < -0.4 is 4.74 Å². The second-order valence-electron chi connectivity index (χ2n) is 8.73. The minimum absolute atomic E-state index is 0.140. The number of ether oxygens (including phenoxy) is 1. The third kappa shape index (κ3) is 4.06. The second-order valence-corrected chi connectivity index (χ2v) is 8.73. The van der Waals surface area contributed by atoms with Crippen LogP contribution in [0.1, 0.15) is 26.3 Å². The highest BCUT2D eigenvalue weighted by Crippen LogP contribution is 2.32. The Morgan fingerprint density at radius 2 is 1.74 bits per heavy atom. The van der Waals surface area contributed by atoms with Gasteiger partial charge >= 0.3 is 0 Å². The third-order valence-corrected chi connectivity index (χ3v) is 5.69. The van der Waals surface area contributed by atoms with Gasteiger partial charge in [0.1, 0.15) is 5.75 Å². The maximum absolute atomic E-state index is 5.71. The molecule has 1 aliphatic heterocycles. The van der Waals surface area contributed by atoms with Gasteiger partial charge in [0.15, 0.2) is 0 Å². The van der Waals surface area contributed by atoms with E-state index in [0.717, 1.165) is 34.7 Å². The average Bonchev–Trinajstić information content (AvgIpc) is 3.23. The van der Waals surface area contributed by atoms with Gasteiger partial charge in [-0.1, -0.05) is 48.5 Å². The van der Waals surface area contributed by atoms with Gasteiger partial charge in [-0.15, -0.1) is 0 Å². The molecule has 2 heterocycles. The van der Waals surface area contributed by atoms with E-state index < -0.39 is 0 Å². The highest BCUT2D eigenvalue weighted by Gasteiger charge is 2.23. The zero-order chi connectivity index (χ0) is 21.4. The van der Waals surface area contributed by atoms with Crippen LogP contribution >= 0.6 is 0 Å². The van der Waals surface area contributed by atoms with E-state index in [-0.39, 0.29) is 6.10 Å². The molecular formula is C26H27N3O2. The summed E-state index contributed by atoms with van der Waals surface area (Å²) >= 11 is 0. The molecule has 5 rings (SSSR count). The van der Waals surface area contributed by atoms with E-state index in [1.807, 2.05) is 38.1 Å². The van der Waals surface area contributed by atoms with E-state index in [1.165, 1.54) is 24.0 Å². The summed E-state index contributed by atoms with van der Waals surface area (Å²) in [6.45, 7) is 9.65. The summed E-state index contributed by atoms with van der Waals surface area (Å²) in [5.41, 5.74) is 3.21. The lowest BCUT2D eigenvalue weighted by atomic mass is 9.96. The zero-order valence-electron chi connectivity index (χ0n) is 18.2. The summed E-state index contributed by atoms with van der Waals surface area (Å²) in [6, 6.07) is 20.6. The van der Waals surface area contributed by atoms with Crippen molar-refractivity contribution in [3.8, 4) is 28.6 Å². The molecule has 0 spiro atoms. The Morgan fingerprint density at radius 1 is 1.00 bits per heavy atom. The Morgan fingerprint density at radius 3 is 2.45 bits per heavy atom. The van der Waals surface area contributed by atoms with Crippen molar-refractivity contribution in [3.05, 3.63) is 66.2 Å². The minimum atomic E-state index is 0.140. The van der Waals surface area contributed by atoms with Crippen LogP contribution in [0.4, 0.5) is 0 Å². The van der Waals surface area contributed by atoms with Crippen molar-refractivity contribution in [1.82, 2.24) is 15.0 Å². The number of fused-ring (bicyclic) bond motifs is 1. The molecule has 0 bridgehead atoms. The van der Waals surface area contributed by atoms with Gasteiger partial charge in [-0.25, -0.2) is 0 Å². The van der Waals surface area contributed by atoms with Crippen LogP contribution in [0.5, 0.6) is 5.75 Å². The maximum atomic E-state index is 5.71. The molecule has 3 aromatic carbocycles. The van der Waals surface area contributed by atoms with E-state index >= 15 is 0 Å². The van der Waals surface area contributed by atoms with Crippen LogP contribution in [0.2, 0.25) is 0 Å². The molecule has 5 nitrogen and oxygen atoms in total. The van der Waals surface area contributed by atoms with Gasteiger partial charge < -0.3 is 9.26 Å². The molecule has 4 aromatic rings. The van der Waals surface area contributed by atoms with Gasteiger partial charge in [0.25, 0.3) is 5.89 Å². The maximum Gasteiger partial charge on any atom is 0.258 e. The van der Waals surface area contributed by atoms with Crippen molar-refractivity contribution in [3.63, 3.8) is 0 Å². The molecular weight excluding hydrogens is 386 g/mol. The quantitative estimate of drug-likeness (QED) is 0.400. The number of nitrogens with zero attached hydrogens (tertiary/aromatic N) is 3. The number of rotatable bonds is 6. The monoisotopic (exact) mass is 413 g/mol. The van der Waals surface area contributed by atoms with Gasteiger partial charge in [-0.2, -0.15) is 4.98 Å². The van der Waals surface area contributed by atoms with Crippen molar-refractivity contribution in [2.75, 3.05) is 13.1 Å². The Kier molecular flexibility index (Phi) is 5.20. The van der Waals surface area contributed by atoms with Gasteiger partial charge in [-0.05, 0) is 60.4 Å². The molecule has 1 saturated heterocycles. The van der Waals surface area contributed by atoms with E-state index in [4.69, 9.17) is 14.2 Å². The summed E-state index contributed by atoms with van der Waals surface area (Å²) in [6.07, 6.45) is 0.140. The fourth-order valence-corrected chi connectivity index (χ4v) is 4.29. The summed E-state index contributed by atoms with van der Waals surface area (Å²) < 4.78 is 11.3. The van der Waals surface area contributed by atoms with Gasteiger partial charge in [0, 0.05) is 30.8 Å². The average molecular weight is 414 g/mol. The van der Waals surface area contributed by atoms with Crippen molar-refractivity contribution >= 4 is 10.8 Å². The van der Waals surface area contributed by atoms with Gasteiger partial charge in [0.2, 0.25) is 5.82 Å². The molecule has 0 aliphatic carbocycles. The Balaban J connectivity index is 1.44. The Labute approximate surface area is 182 Å². The number of benzene rings is 3. The van der Waals surface area contributed by atoms with Crippen LogP contribution in [0.15, 0.2) is 65.2 Å². The molecule has 31 heavy (non-hydrogen) atoms. The van der Waals surface area contributed by atoms with E-state index in [0.29, 0.717) is 11.7 Å². The van der Waals surface area contributed by atoms with Crippen molar-refractivity contribution in [1.29, 1.82) is 0 Å². The predicted octanol–water partition coefficient (Wildman–Crippen LogP) is 5.80. The minimum Gasteiger partial charge on any atom is -0.491 e. The first kappa shape index (κ1) is 19.8. The van der Waals surface area contributed by atoms with Crippen LogP contribution in [0, 0.1) is 5.92 Å². The largest absolute Gasteiger partial charge is 0.491 e. The van der Waals surface area contributed by atoms with Crippen LogP contribution in [0.3, 0.4) is 0 Å². The Hall–Kier alpha value is -3.18. The number of likely N-dealkylation sites (tertiary alicyclic amines) is 1. The summed E-state index contributed by atoms with van der Waals surface area (Å²) in [4.78, 5) is 7.18. The molecule has 1 aliphatic rings. The molecule has 1 fully saturated rings. The summed E-state index contributed by atoms with van der Waals surface area (Å²) in [5, 5.41) is 6.69. The lowest BCUT2D eigenvalue weighted by molar-refractivity contribution is 0.105. The second kappa shape index (κ2) is 8.16. The molecule has 0 unspecified atom stereocenters. The smallest absolute Gasteiger partial charge is 0.258 e. The molecule has 0 amide bonds. The first-order chi connectivity index (χ1) is 15.1. The molecule has 1 aromatic heterocycles. The van der Waals surface area contributed by atoms with Crippen LogP contribution in [-0.4, -0.2) is 34.2 Å². The SMILES string of the molecule is CC1CN(Cc2ccc(-c3noc(-c4ccc(OC(C)C)cc4)n3)c3ccccc23)C1. The zero-order valence-corrected chi connectivity index (χ0v) is 18.2. The molecule has 0 N–H and O–H groups in total. The summed E-state index contributed by atoms with van der Waals surface area (Å²) in [7, 11) is 0. The van der Waals surface area contributed by atoms with Crippen molar-refractivity contribution in [2.24, 2.45) is 5.92 Å². The standard InChI is InChI=1S/C26H27N3O2/c1-17(2)30-21-11-8-19(9-12-21)26-27-25(28-31-26)24-13-10-20(16-29-14-18(3)15-29)22-6-4-5-7-23(22)24/h4-13,17-18H,14-16H2,1-3H3. The predicted molar refractivity (Wildman–Crippen MR) is 123 cm³/mol. The summed E-state index contributed by atoms with van der Waals surface area (Å²) in [5.74, 6) is 2.75. The van der Waals surface area contributed by atoms with Crippen LogP contribution in [-0.2, 0) is 6.54 Å². The van der Waals surface area contributed by atoms with Gasteiger partial charge in [0.05, 0.1) is 6.10 Å². The molecule has 5 heteroatoms. The lowest BCUT2D eigenvalue weighted by Gasteiger charge is -2.37. The fraction of sp³-hybridized carbons (Fsp3) is 0.308. The molecule has 0 atom stereocenters. The molecule has 0 saturated carbocycles. The first-order valence-corrected chi connectivity index (χ1v) is 10.9. The highest BCUT2D eigenvalue weighted by molar-refractivity contribution is 5.97. The number of aromatic nitrogens is 2. The third-order valence-electron chi connectivity index (χ3n) is 5.69. The van der Waals surface area contributed by atoms with Crippen molar-refractivity contribution in [2.45, 2.75) is 33.4 Å². The first-order valence-electron chi connectivity index (χ1n) is 10.9. The fourth-order valence-electron chi connectivity index (χ4n) is 4.29. The molecule has 0 radical (unpaired) electrons. The molecule has 158 valence electrons. The van der Waals surface area contributed by atoms with Crippen molar-refractivity contribution < 1.29 is 9.26 Å². The van der Waals surface area contributed by atoms with Gasteiger partial charge in [-0.3, -0.25) is 4.90 Å².